The molecule has 1 aliphatic carbocycles. The number of nitrogens with one attached hydrogen (secondary N) is 2. The van der Waals surface area contributed by atoms with Gasteiger partial charge < -0.3 is 15.4 Å². The van der Waals surface area contributed by atoms with Crippen molar-refractivity contribution < 1.29 is 4.74 Å². The molecule has 24 heavy (non-hydrogen) atoms. The normalized spacial score (nSPS) is 15.0. The van der Waals surface area contributed by atoms with E-state index in [2.05, 4.69) is 21.8 Å². The fourth-order valence-corrected chi connectivity index (χ4v) is 3.36. The minimum absolute atomic E-state index is 0.505. The maximum Gasteiger partial charge on any atom is 0.171 e. The molecule has 0 unspecified atom stereocenters. The van der Waals surface area contributed by atoms with Gasteiger partial charge in [0.1, 0.15) is 5.75 Å². The van der Waals surface area contributed by atoms with Crippen LogP contribution in [0.15, 0.2) is 36.7 Å². The summed E-state index contributed by atoms with van der Waals surface area (Å²) in [5, 5.41) is 11.7. The second-order valence-corrected chi connectivity index (χ2v) is 6.62. The molecule has 1 aromatic heterocycles. The Morgan fingerprint density at radius 3 is 2.96 bits per heavy atom. The van der Waals surface area contributed by atoms with Crippen molar-refractivity contribution in [3.05, 3.63) is 42.2 Å². The third-order valence-electron chi connectivity index (χ3n) is 4.31. The van der Waals surface area contributed by atoms with Gasteiger partial charge in [-0.2, -0.15) is 5.10 Å². The molecule has 3 rings (SSSR count). The van der Waals surface area contributed by atoms with Crippen molar-refractivity contribution in [2.45, 2.75) is 44.7 Å². The Bertz CT molecular complexity index is 679. The van der Waals surface area contributed by atoms with Crippen LogP contribution in [0.5, 0.6) is 5.75 Å². The standard InChI is InChI=1S/C18H24N4OS/c1-23-17-9-5-6-14(10-17)12-22-13-16(11-19-22)21-18(24)20-15-7-3-2-4-8-15/h5-6,9-11,13,15H,2-4,7-8,12H2,1H3,(H2,20,21,24). The van der Waals surface area contributed by atoms with Gasteiger partial charge in [-0.05, 0) is 42.8 Å². The van der Waals surface area contributed by atoms with E-state index < -0.39 is 0 Å². The molecule has 2 N–H and O–H groups in total. The van der Waals surface area contributed by atoms with Gasteiger partial charge in [0.25, 0.3) is 0 Å². The molecular weight excluding hydrogens is 320 g/mol. The van der Waals surface area contributed by atoms with Crippen LogP contribution in [0.4, 0.5) is 5.69 Å². The van der Waals surface area contributed by atoms with E-state index in [1.807, 2.05) is 29.1 Å². The van der Waals surface area contributed by atoms with E-state index in [0.717, 1.165) is 17.0 Å². The number of thiocarbonyl (C=S) groups is 1. The zero-order valence-corrected chi connectivity index (χ0v) is 14.8. The maximum absolute atomic E-state index is 5.41. The third kappa shape index (κ3) is 4.71. The molecule has 0 bridgehead atoms. The van der Waals surface area contributed by atoms with Crippen LogP contribution in [-0.4, -0.2) is 28.0 Å². The molecule has 5 nitrogen and oxygen atoms in total. The quantitative estimate of drug-likeness (QED) is 0.812. The first-order valence-corrected chi connectivity index (χ1v) is 8.86. The Labute approximate surface area is 148 Å². The first kappa shape index (κ1) is 16.8. The molecule has 2 aromatic rings. The van der Waals surface area contributed by atoms with Crippen molar-refractivity contribution in [2.24, 2.45) is 0 Å². The second kappa shape index (κ2) is 8.15. The predicted octanol–water partition coefficient (Wildman–Crippen LogP) is 3.56. The van der Waals surface area contributed by atoms with Crippen LogP contribution in [0.1, 0.15) is 37.7 Å². The fourth-order valence-electron chi connectivity index (χ4n) is 3.07. The predicted molar refractivity (Wildman–Crippen MR) is 101 cm³/mol. The highest BCUT2D eigenvalue weighted by molar-refractivity contribution is 7.80. The average molecular weight is 344 g/mol. The Kier molecular flexibility index (Phi) is 5.69. The molecule has 6 heteroatoms. The van der Waals surface area contributed by atoms with Crippen LogP contribution >= 0.6 is 12.2 Å². The second-order valence-electron chi connectivity index (χ2n) is 6.21. The molecule has 1 aliphatic rings. The molecule has 1 fully saturated rings. The van der Waals surface area contributed by atoms with E-state index >= 15 is 0 Å². The van der Waals surface area contributed by atoms with Gasteiger partial charge >= 0.3 is 0 Å². The Morgan fingerprint density at radius 2 is 2.17 bits per heavy atom. The number of nitrogens with zero attached hydrogens (tertiary/aromatic N) is 2. The van der Waals surface area contributed by atoms with Crippen LogP contribution in [0.25, 0.3) is 0 Å². The highest BCUT2D eigenvalue weighted by Gasteiger charge is 2.14. The molecule has 1 heterocycles. The van der Waals surface area contributed by atoms with Gasteiger partial charge in [-0.3, -0.25) is 4.68 Å². The van der Waals surface area contributed by atoms with E-state index in [1.165, 1.54) is 32.1 Å². The summed E-state index contributed by atoms with van der Waals surface area (Å²) in [4.78, 5) is 0. The summed E-state index contributed by atoms with van der Waals surface area (Å²) in [5.41, 5.74) is 2.05. The first-order valence-electron chi connectivity index (χ1n) is 8.46. The summed E-state index contributed by atoms with van der Waals surface area (Å²) in [6, 6.07) is 8.51. The summed E-state index contributed by atoms with van der Waals surface area (Å²) in [6.45, 7) is 0.696. The number of benzene rings is 1. The van der Waals surface area contributed by atoms with E-state index in [0.29, 0.717) is 17.7 Å². The summed E-state index contributed by atoms with van der Waals surface area (Å²) in [6.07, 6.45) is 10.1. The average Bonchev–Trinajstić information content (AvgIpc) is 3.02. The van der Waals surface area contributed by atoms with Crippen LogP contribution in [0, 0.1) is 0 Å². The molecule has 1 saturated carbocycles. The molecular formula is C18H24N4OS. The zero-order valence-electron chi connectivity index (χ0n) is 14.0. The van der Waals surface area contributed by atoms with Gasteiger partial charge in [0.05, 0.1) is 25.5 Å². The van der Waals surface area contributed by atoms with Crippen molar-refractivity contribution in [2.75, 3.05) is 12.4 Å². The van der Waals surface area contributed by atoms with Gasteiger partial charge in [-0.25, -0.2) is 0 Å². The van der Waals surface area contributed by atoms with Crippen molar-refractivity contribution in [3.63, 3.8) is 0 Å². The Hall–Kier alpha value is -2.08. The highest BCUT2D eigenvalue weighted by atomic mass is 32.1. The van der Waals surface area contributed by atoms with Gasteiger partial charge in [0, 0.05) is 12.2 Å². The van der Waals surface area contributed by atoms with Crippen molar-refractivity contribution in [1.82, 2.24) is 15.1 Å². The summed E-state index contributed by atoms with van der Waals surface area (Å²) >= 11 is 5.41. The minimum Gasteiger partial charge on any atom is -0.497 e. The SMILES string of the molecule is COc1cccc(Cn2cc(NC(=S)NC3CCCCC3)cn2)c1. The van der Waals surface area contributed by atoms with E-state index in [9.17, 15) is 0 Å². The van der Waals surface area contributed by atoms with Crippen LogP contribution in [0.2, 0.25) is 0 Å². The van der Waals surface area contributed by atoms with Gasteiger partial charge in [-0.1, -0.05) is 31.4 Å². The van der Waals surface area contributed by atoms with Crippen LogP contribution in [0.3, 0.4) is 0 Å². The molecule has 0 spiro atoms. The van der Waals surface area contributed by atoms with E-state index in [4.69, 9.17) is 17.0 Å². The number of anilines is 1. The van der Waals surface area contributed by atoms with Crippen molar-refractivity contribution in [3.8, 4) is 5.75 Å². The molecule has 1 aromatic carbocycles. The van der Waals surface area contributed by atoms with Gasteiger partial charge in [0.2, 0.25) is 0 Å². The number of hydrogen-bond donors (Lipinski definition) is 2. The number of hydrogen-bond acceptors (Lipinski definition) is 3. The smallest absolute Gasteiger partial charge is 0.171 e. The number of rotatable bonds is 5. The van der Waals surface area contributed by atoms with E-state index in [-0.39, 0.29) is 0 Å². The maximum atomic E-state index is 5.41. The molecule has 0 radical (unpaired) electrons. The Morgan fingerprint density at radius 1 is 1.33 bits per heavy atom. The molecule has 0 atom stereocenters. The molecule has 128 valence electrons. The lowest BCUT2D eigenvalue weighted by Gasteiger charge is -2.24. The highest BCUT2D eigenvalue weighted by Crippen LogP contribution is 2.18. The first-order chi connectivity index (χ1) is 11.7. The van der Waals surface area contributed by atoms with Gasteiger partial charge in [-0.15, -0.1) is 0 Å². The Balaban J connectivity index is 1.53. The summed E-state index contributed by atoms with van der Waals surface area (Å²) < 4.78 is 7.14. The lowest BCUT2D eigenvalue weighted by molar-refractivity contribution is 0.414. The van der Waals surface area contributed by atoms with Gasteiger partial charge in [0.15, 0.2) is 5.11 Å². The summed E-state index contributed by atoms with van der Waals surface area (Å²) in [5.74, 6) is 0.857. The molecule has 0 amide bonds. The monoisotopic (exact) mass is 344 g/mol. The van der Waals surface area contributed by atoms with Crippen LogP contribution in [-0.2, 0) is 6.54 Å². The number of aromatic nitrogens is 2. The third-order valence-corrected chi connectivity index (χ3v) is 4.53. The fraction of sp³-hybridized carbons (Fsp3) is 0.444. The van der Waals surface area contributed by atoms with Crippen molar-refractivity contribution >= 4 is 23.0 Å². The largest absolute Gasteiger partial charge is 0.497 e. The molecule has 0 saturated heterocycles. The lowest BCUT2D eigenvalue weighted by atomic mass is 9.96. The topological polar surface area (TPSA) is 51.1 Å². The van der Waals surface area contributed by atoms with Crippen LogP contribution < -0.4 is 15.4 Å². The molecule has 0 aliphatic heterocycles. The minimum atomic E-state index is 0.505. The zero-order chi connectivity index (χ0) is 16.8. The summed E-state index contributed by atoms with van der Waals surface area (Å²) in [7, 11) is 1.68. The van der Waals surface area contributed by atoms with E-state index in [1.54, 1.807) is 13.3 Å². The lowest BCUT2D eigenvalue weighted by Crippen LogP contribution is -2.38. The number of methoxy groups -OCH3 is 1. The number of ether oxygens (including phenoxy) is 1. The van der Waals surface area contributed by atoms with Crippen molar-refractivity contribution in [1.29, 1.82) is 0 Å².